The van der Waals surface area contributed by atoms with Gasteiger partial charge in [-0.05, 0) is 29.5 Å². The molecule has 3 heterocycles. The second-order valence-corrected chi connectivity index (χ2v) is 6.00. The average molecular weight is 349 g/mol. The summed E-state index contributed by atoms with van der Waals surface area (Å²) in [6.07, 6.45) is 1.65. The van der Waals surface area contributed by atoms with Crippen molar-refractivity contribution in [2.75, 3.05) is 32.8 Å². The summed E-state index contributed by atoms with van der Waals surface area (Å²) in [5.41, 5.74) is 2.34. The molecule has 1 aliphatic rings. The molecule has 1 unspecified atom stereocenters. The molecule has 1 aliphatic heterocycles. The van der Waals surface area contributed by atoms with Crippen LogP contribution in [0.5, 0.6) is 0 Å². The van der Waals surface area contributed by atoms with Gasteiger partial charge in [-0.3, -0.25) is 4.90 Å². The maximum absolute atomic E-state index is 5.79. The highest BCUT2D eigenvalue weighted by Crippen LogP contribution is 2.07. The third-order valence-corrected chi connectivity index (χ3v) is 4.10. The minimum absolute atomic E-state index is 0.0368. The van der Waals surface area contributed by atoms with Gasteiger partial charge in [0, 0.05) is 24.8 Å². The van der Waals surface area contributed by atoms with Gasteiger partial charge in [0.2, 0.25) is 5.65 Å². The van der Waals surface area contributed by atoms with Crippen molar-refractivity contribution < 1.29 is 9.57 Å². The number of benzene rings is 1. The molecule has 3 aromatic rings. The van der Waals surface area contributed by atoms with Gasteiger partial charge >= 0.3 is 0 Å². The van der Waals surface area contributed by atoms with Crippen LogP contribution in [0, 0.1) is 11.8 Å². The minimum atomic E-state index is -0.0368. The Morgan fingerprint density at radius 1 is 1.19 bits per heavy atom. The van der Waals surface area contributed by atoms with Gasteiger partial charge in [0.05, 0.1) is 13.2 Å². The standard InChI is InChI=1S/C19H19N5O2/c1-2-6-16(7-3-1)8-5-11-23-12-13-25-17(14-23)15-26-24-19-18(21-22-24)9-4-10-20-19/h1-4,6-7,9-10,17H,11-15H2. The lowest BCUT2D eigenvalue weighted by Crippen LogP contribution is -2.45. The Kier molecular flexibility index (Phi) is 5.05. The lowest BCUT2D eigenvalue weighted by molar-refractivity contribution is -0.0724. The molecule has 0 aliphatic carbocycles. The molecule has 26 heavy (non-hydrogen) atoms. The van der Waals surface area contributed by atoms with E-state index in [0.29, 0.717) is 30.9 Å². The van der Waals surface area contributed by atoms with E-state index in [9.17, 15) is 0 Å². The molecule has 0 amide bonds. The smallest absolute Gasteiger partial charge is 0.219 e. The van der Waals surface area contributed by atoms with Crippen LogP contribution >= 0.6 is 0 Å². The first-order chi connectivity index (χ1) is 12.9. The third-order valence-electron chi connectivity index (χ3n) is 4.10. The van der Waals surface area contributed by atoms with E-state index in [-0.39, 0.29) is 6.10 Å². The van der Waals surface area contributed by atoms with Gasteiger partial charge in [-0.1, -0.05) is 34.9 Å². The number of hydrogen-bond acceptors (Lipinski definition) is 6. The summed E-state index contributed by atoms with van der Waals surface area (Å²) in [6, 6.07) is 13.7. The second kappa shape index (κ2) is 7.95. The molecule has 4 rings (SSSR count). The Morgan fingerprint density at radius 3 is 3.04 bits per heavy atom. The topological polar surface area (TPSA) is 65.3 Å². The zero-order valence-corrected chi connectivity index (χ0v) is 14.3. The molecular weight excluding hydrogens is 330 g/mol. The maximum atomic E-state index is 5.79. The van der Waals surface area contributed by atoms with Crippen molar-refractivity contribution in [3.8, 4) is 11.8 Å². The lowest BCUT2D eigenvalue weighted by Gasteiger charge is -2.31. The van der Waals surface area contributed by atoms with Crippen LogP contribution in [0.3, 0.4) is 0 Å². The van der Waals surface area contributed by atoms with Crippen LogP contribution in [-0.2, 0) is 4.74 Å². The van der Waals surface area contributed by atoms with Gasteiger partial charge in [-0.15, -0.1) is 5.10 Å². The van der Waals surface area contributed by atoms with Gasteiger partial charge < -0.3 is 9.57 Å². The highest BCUT2D eigenvalue weighted by Gasteiger charge is 2.21. The summed E-state index contributed by atoms with van der Waals surface area (Å²) in [5, 5.41) is 7.99. The van der Waals surface area contributed by atoms with E-state index < -0.39 is 0 Å². The van der Waals surface area contributed by atoms with Crippen LogP contribution in [0.15, 0.2) is 48.7 Å². The molecule has 1 atom stereocenters. The normalized spacial score (nSPS) is 17.6. The zero-order valence-electron chi connectivity index (χ0n) is 14.3. The molecule has 1 aromatic carbocycles. The van der Waals surface area contributed by atoms with Gasteiger partial charge in [-0.25, -0.2) is 4.98 Å². The fourth-order valence-electron chi connectivity index (χ4n) is 2.79. The number of nitrogens with zero attached hydrogens (tertiary/aromatic N) is 5. The Morgan fingerprint density at radius 2 is 2.12 bits per heavy atom. The highest BCUT2D eigenvalue weighted by atomic mass is 16.7. The molecule has 7 nitrogen and oxygen atoms in total. The lowest BCUT2D eigenvalue weighted by atomic mass is 10.2. The van der Waals surface area contributed by atoms with Crippen LogP contribution in [0.2, 0.25) is 0 Å². The van der Waals surface area contributed by atoms with Gasteiger partial charge in [-0.2, -0.15) is 0 Å². The van der Waals surface area contributed by atoms with Crippen LogP contribution in [0.4, 0.5) is 0 Å². The summed E-state index contributed by atoms with van der Waals surface area (Å²) in [4.78, 5) is 13.6. The zero-order chi connectivity index (χ0) is 17.6. The summed E-state index contributed by atoms with van der Waals surface area (Å²) >= 11 is 0. The number of fused-ring (bicyclic) bond motifs is 1. The van der Waals surface area contributed by atoms with Gasteiger partial charge in [0.1, 0.15) is 18.2 Å². The van der Waals surface area contributed by atoms with E-state index in [1.54, 1.807) is 6.20 Å². The summed E-state index contributed by atoms with van der Waals surface area (Å²) < 4.78 is 5.79. The van der Waals surface area contributed by atoms with Crippen molar-refractivity contribution in [2.45, 2.75) is 6.10 Å². The Bertz CT molecular complexity index is 916. The van der Waals surface area contributed by atoms with Gasteiger partial charge in [0.15, 0.2) is 0 Å². The third kappa shape index (κ3) is 3.99. The summed E-state index contributed by atoms with van der Waals surface area (Å²) in [7, 11) is 0. The van der Waals surface area contributed by atoms with E-state index >= 15 is 0 Å². The maximum Gasteiger partial charge on any atom is 0.219 e. The van der Waals surface area contributed by atoms with E-state index in [1.807, 2.05) is 42.5 Å². The largest absolute Gasteiger partial charge is 0.391 e. The molecule has 2 aromatic heterocycles. The molecule has 0 radical (unpaired) electrons. The Balaban J connectivity index is 1.30. The van der Waals surface area contributed by atoms with Crippen LogP contribution < -0.4 is 4.84 Å². The van der Waals surface area contributed by atoms with E-state index in [1.165, 1.54) is 4.85 Å². The molecule has 0 spiro atoms. The number of hydrogen-bond donors (Lipinski definition) is 0. The predicted molar refractivity (Wildman–Crippen MR) is 96.3 cm³/mol. The fraction of sp³-hybridized carbons (Fsp3) is 0.316. The number of pyridine rings is 1. The summed E-state index contributed by atoms with van der Waals surface area (Å²) in [5.74, 6) is 6.41. The van der Waals surface area contributed by atoms with Crippen molar-refractivity contribution in [1.29, 1.82) is 0 Å². The van der Waals surface area contributed by atoms with E-state index in [0.717, 1.165) is 18.7 Å². The quantitative estimate of drug-likeness (QED) is 0.655. The predicted octanol–water partition coefficient (Wildman–Crippen LogP) is 1.01. The average Bonchev–Trinajstić information content (AvgIpc) is 3.11. The van der Waals surface area contributed by atoms with E-state index in [2.05, 4.69) is 32.0 Å². The van der Waals surface area contributed by atoms with E-state index in [4.69, 9.17) is 9.57 Å². The molecule has 1 saturated heterocycles. The van der Waals surface area contributed by atoms with Gasteiger partial charge in [0.25, 0.3) is 0 Å². The number of ether oxygens (including phenoxy) is 1. The monoisotopic (exact) mass is 349 g/mol. The molecule has 1 fully saturated rings. The molecule has 0 saturated carbocycles. The highest BCUT2D eigenvalue weighted by molar-refractivity contribution is 5.68. The van der Waals surface area contributed by atoms with Crippen LogP contribution in [0.1, 0.15) is 5.56 Å². The van der Waals surface area contributed by atoms with Crippen molar-refractivity contribution in [1.82, 2.24) is 25.0 Å². The first kappa shape index (κ1) is 16.5. The number of rotatable bonds is 4. The van der Waals surface area contributed by atoms with Crippen molar-refractivity contribution >= 4 is 11.2 Å². The van der Waals surface area contributed by atoms with Crippen molar-refractivity contribution in [2.24, 2.45) is 0 Å². The Hall–Kier alpha value is -2.95. The van der Waals surface area contributed by atoms with Crippen LogP contribution in [-0.4, -0.2) is 64.0 Å². The number of morpholine rings is 1. The minimum Gasteiger partial charge on any atom is -0.391 e. The van der Waals surface area contributed by atoms with Crippen molar-refractivity contribution in [3.63, 3.8) is 0 Å². The molecular formula is C19H19N5O2. The second-order valence-electron chi connectivity index (χ2n) is 6.00. The Labute approximate surface area is 151 Å². The molecule has 0 N–H and O–H groups in total. The SMILES string of the molecule is C(#Cc1ccccc1)CN1CCOC(COn2nnc3cccnc32)C1. The fourth-order valence-corrected chi connectivity index (χ4v) is 2.79. The number of aromatic nitrogens is 4. The summed E-state index contributed by atoms with van der Waals surface area (Å²) in [6.45, 7) is 3.40. The first-order valence-corrected chi connectivity index (χ1v) is 8.56. The van der Waals surface area contributed by atoms with Crippen molar-refractivity contribution in [3.05, 3.63) is 54.2 Å². The molecule has 7 heteroatoms. The molecule has 132 valence electrons. The molecule has 0 bridgehead atoms. The first-order valence-electron chi connectivity index (χ1n) is 8.56. The van der Waals surface area contributed by atoms with Crippen LogP contribution in [0.25, 0.3) is 11.2 Å².